The first-order valence-corrected chi connectivity index (χ1v) is 7.74. The number of nitrogens with one attached hydrogen (secondary N) is 1. The van der Waals surface area contributed by atoms with Gasteiger partial charge in [0.15, 0.2) is 0 Å². The predicted octanol–water partition coefficient (Wildman–Crippen LogP) is 4.96. The van der Waals surface area contributed by atoms with Crippen LogP contribution in [-0.2, 0) is 0 Å². The van der Waals surface area contributed by atoms with Crippen molar-refractivity contribution in [1.29, 1.82) is 0 Å². The zero-order valence-corrected chi connectivity index (χ0v) is 13.5. The Labute approximate surface area is 136 Å². The Morgan fingerprint density at radius 2 is 2.05 bits per heavy atom. The van der Waals surface area contributed by atoms with Crippen LogP contribution in [0.1, 0.15) is 11.6 Å². The fourth-order valence-corrected chi connectivity index (χ4v) is 2.75. The minimum Gasteiger partial charge on any atom is -0.464 e. The lowest BCUT2D eigenvalue weighted by molar-refractivity contribution is 0.605. The second-order valence-corrected chi connectivity index (χ2v) is 6.01. The Bertz CT molecular complexity index is 772. The molecule has 0 bridgehead atoms. The van der Waals surface area contributed by atoms with Crippen molar-refractivity contribution in [2.45, 2.75) is 6.04 Å². The molecule has 3 nitrogen and oxygen atoms in total. The van der Waals surface area contributed by atoms with E-state index in [0.29, 0.717) is 11.6 Å². The Balaban J connectivity index is 1.93. The number of hydrogen-bond acceptors (Lipinski definition) is 3. The smallest absolute Gasteiger partial charge is 0.134 e. The second kappa shape index (κ2) is 6.10. The van der Waals surface area contributed by atoms with Gasteiger partial charge in [0.1, 0.15) is 5.58 Å². The highest BCUT2D eigenvalue weighted by atomic mass is 79.9. The molecule has 1 heterocycles. The number of benzene rings is 2. The maximum atomic E-state index is 6.12. The number of halogens is 2. The number of rotatable bonds is 4. The first kappa shape index (κ1) is 14.4. The Morgan fingerprint density at radius 3 is 2.81 bits per heavy atom. The normalized spacial score (nSPS) is 12.5. The van der Waals surface area contributed by atoms with Crippen molar-refractivity contribution in [3.8, 4) is 0 Å². The number of para-hydroxylation sites is 1. The molecule has 0 aliphatic carbocycles. The van der Waals surface area contributed by atoms with Gasteiger partial charge in [-0.1, -0.05) is 29.8 Å². The molecule has 0 fully saturated rings. The molecule has 0 saturated heterocycles. The SMILES string of the molecule is NCC(Nc1ccc(Br)c(Cl)c1)c1coc2ccccc12. The van der Waals surface area contributed by atoms with Crippen LogP contribution in [0.5, 0.6) is 0 Å². The quantitative estimate of drug-likeness (QED) is 0.687. The van der Waals surface area contributed by atoms with E-state index >= 15 is 0 Å². The fraction of sp³-hybridized carbons (Fsp3) is 0.125. The van der Waals surface area contributed by atoms with Crippen LogP contribution in [0.25, 0.3) is 11.0 Å². The monoisotopic (exact) mass is 364 g/mol. The maximum absolute atomic E-state index is 6.12. The van der Waals surface area contributed by atoms with Gasteiger partial charge in [-0.25, -0.2) is 0 Å². The van der Waals surface area contributed by atoms with Crippen molar-refractivity contribution in [1.82, 2.24) is 0 Å². The lowest BCUT2D eigenvalue weighted by atomic mass is 10.1. The minimum atomic E-state index is -0.0362. The summed E-state index contributed by atoms with van der Waals surface area (Å²) in [6, 6.07) is 13.6. The summed E-state index contributed by atoms with van der Waals surface area (Å²) in [5.74, 6) is 0. The van der Waals surface area contributed by atoms with Crippen LogP contribution in [0.2, 0.25) is 5.02 Å². The molecule has 5 heteroatoms. The van der Waals surface area contributed by atoms with Gasteiger partial charge in [-0.15, -0.1) is 0 Å². The van der Waals surface area contributed by atoms with Gasteiger partial charge in [0.05, 0.1) is 17.3 Å². The van der Waals surface area contributed by atoms with E-state index in [2.05, 4.69) is 21.2 Å². The minimum absolute atomic E-state index is 0.0362. The van der Waals surface area contributed by atoms with Crippen LogP contribution < -0.4 is 11.1 Å². The van der Waals surface area contributed by atoms with E-state index in [9.17, 15) is 0 Å². The molecule has 2 aromatic carbocycles. The van der Waals surface area contributed by atoms with E-state index in [-0.39, 0.29) is 6.04 Å². The predicted molar refractivity (Wildman–Crippen MR) is 90.8 cm³/mol. The summed E-state index contributed by atoms with van der Waals surface area (Å²) < 4.78 is 6.45. The largest absolute Gasteiger partial charge is 0.464 e. The van der Waals surface area contributed by atoms with E-state index in [1.165, 1.54) is 0 Å². The second-order valence-electron chi connectivity index (χ2n) is 4.75. The first-order valence-electron chi connectivity index (χ1n) is 6.57. The van der Waals surface area contributed by atoms with Crippen molar-refractivity contribution in [3.05, 3.63) is 63.8 Å². The molecule has 0 radical (unpaired) electrons. The maximum Gasteiger partial charge on any atom is 0.134 e. The summed E-state index contributed by atoms with van der Waals surface area (Å²) in [5, 5.41) is 5.13. The number of furan rings is 1. The van der Waals surface area contributed by atoms with E-state index in [1.54, 1.807) is 6.26 Å². The number of fused-ring (bicyclic) bond motifs is 1. The van der Waals surface area contributed by atoms with Gasteiger partial charge in [-0.2, -0.15) is 0 Å². The third kappa shape index (κ3) is 2.93. The van der Waals surface area contributed by atoms with Gasteiger partial charge < -0.3 is 15.5 Å². The van der Waals surface area contributed by atoms with Gasteiger partial charge >= 0.3 is 0 Å². The molecule has 3 N–H and O–H groups in total. The molecule has 0 spiro atoms. The van der Waals surface area contributed by atoms with E-state index in [0.717, 1.165) is 26.7 Å². The molecule has 1 atom stereocenters. The topological polar surface area (TPSA) is 51.2 Å². The Kier molecular flexibility index (Phi) is 4.19. The van der Waals surface area contributed by atoms with Crippen LogP contribution in [0, 0.1) is 0 Å². The summed E-state index contributed by atoms with van der Waals surface area (Å²) in [6.45, 7) is 0.456. The molecule has 3 aromatic rings. The number of hydrogen-bond donors (Lipinski definition) is 2. The first-order chi connectivity index (χ1) is 10.2. The third-order valence-corrected chi connectivity index (χ3v) is 4.62. The molecule has 0 aliphatic heterocycles. The number of anilines is 1. The molecule has 1 aromatic heterocycles. The van der Waals surface area contributed by atoms with Gasteiger partial charge in [0.2, 0.25) is 0 Å². The lowest BCUT2D eigenvalue weighted by Gasteiger charge is -2.17. The van der Waals surface area contributed by atoms with Crippen molar-refractivity contribution < 1.29 is 4.42 Å². The molecule has 0 aliphatic rings. The van der Waals surface area contributed by atoms with E-state index in [4.69, 9.17) is 21.8 Å². The fourth-order valence-electron chi connectivity index (χ4n) is 2.32. The van der Waals surface area contributed by atoms with Crippen molar-refractivity contribution in [2.75, 3.05) is 11.9 Å². The average Bonchev–Trinajstić information content (AvgIpc) is 2.92. The van der Waals surface area contributed by atoms with Crippen LogP contribution >= 0.6 is 27.5 Å². The standard InChI is InChI=1S/C16H14BrClN2O/c17-13-6-5-10(7-14(13)18)20-15(8-19)12-9-21-16-4-2-1-3-11(12)16/h1-7,9,15,20H,8,19H2. The van der Waals surface area contributed by atoms with E-state index in [1.807, 2.05) is 42.5 Å². The molecule has 1 unspecified atom stereocenters. The Morgan fingerprint density at radius 1 is 1.24 bits per heavy atom. The summed E-state index contributed by atoms with van der Waals surface area (Å²) in [4.78, 5) is 0. The van der Waals surface area contributed by atoms with Gasteiger partial charge in [0, 0.05) is 27.7 Å². The lowest BCUT2D eigenvalue weighted by Crippen LogP contribution is -2.20. The van der Waals surface area contributed by atoms with Crippen molar-refractivity contribution >= 4 is 44.2 Å². The third-order valence-electron chi connectivity index (χ3n) is 3.38. The summed E-state index contributed by atoms with van der Waals surface area (Å²) in [5.41, 5.74) is 8.76. The molecule has 0 saturated carbocycles. The highest BCUT2D eigenvalue weighted by molar-refractivity contribution is 9.10. The van der Waals surface area contributed by atoms with Crippen LogP contribution in [0.3, 0.4) is 0 Å². The van der Waals surface area contributed by atoms with Gasteiger partial charge in [0.25, 0.3) is 0 Å². The molecular weight excluding hydrogens is 352 g/mol. The van der Waals surface area contributed by atoms with Crippen LogP contribution in [0.15, 0.2) is 57.6 Å². The Hall–Kier alpha value is -1.49. The van der Waals surface area contributed by atoms with Crippen LogP contribution in [0.4, 0.5) is 5.69 Å². The highest BCUT2D eigenvalue weighted by Crippen LogP contribution is 2.30. The molecular formula is C16H14BrClN2O. The highest BCUT2D eigenvalue weighted by Gasteiger charge is 2.16. The summed E-state index contributed by atoms with van der Waals surface area (Å²) in [6.07, 6.45) is 1.76. The number of nitrogens with two attached hydrogens (primary N) is 1. The molecule has 21 heavy (non-hydrogen) atoms. The van der Waals surface area contributed by atoms with E-state index < -0.39 is 0 Å². The summed E-state index contributed by atoms with van der Waals surface area (Å²) >= 11 is 9.51. The van der Waals surface area contributed by atoms with Gasteiger partial charge in [-0.05, 0) is 40.2 Å². The van der Waals surface area contributed by atoms with Crippen molar-refractivity contribution in [2.24, 2.45) is 5.73 Å². The zero-order chi connectivity index (χ0) is 14.8. The van der Waals surface area contributed by atoms with Crippen LogP contribution in [-0.4, -0.2) is 6.54 Å². The molecule has 3 rings (SSSR count). The van der Waals surface area contributed by atoms with Crippen molar-refractivity contribution in [3.63, 3.8) is 0 Å². The average molecular weight is 366 g/mol. The summed E-state index contributed by atoms with van der Waals surface area (Å²) in [7, 11) is 0. The molecule has 108 valence electrons. The zero-order valence-electron chi connectivity index (χ0n) is 11.1. The van der Waals surface area contributed by atoms with Gasteiger partial charge in [-0.3, -0.25) is 0 Å². The molecule has 0 amide bonds.